The van der Waals surface area contributed by atoms with E-state index in [2.05, 4.69) is 11.8 Å². The zero-order valence-electron chi connectivity index (χ0n) is 10.2. The summed E-state index contributed by atoms with van der Waals surface area (Å²) in [4.78, 5) is 0. The lowest BCUT2D eigenvalue weighted by atomic mass is 10.2. The Morgan fingerprint density at radius 1 is 1.00 bits per heavy atom. The highest BCUT2D eigenvalue weighted by Gasteiger charge is 2.14. The van der Waals surface area contributed by atoms with E-state index in [4.69, 9.17) is 18.9 Å². The van der Waals surface area contributed by atoms with E-state index in [0.717, 1.165) is 32.3 Å². The fourth-order valence-corrected chi connectivity index (χ4v) is 1.88. The van der Waals surface area contributed by atoms with E-state index in [1.807, 2.05) is 0 Å². The molecule has 2 aliphatic rings. The van der Waals surface area contributed by atoms with Crippen LogP contribution >= 0.6 is 0 Å². The predicted octanol–water partition coefficient (Wildman–Crippen LogP) is 1.69. The van der Waals surface area contributed by atoms with Crippen LogP contribution in [0, 0.1) is 11.8 Å². The maximum atomic E-state index is 5.50. The summed E-state index contributed by atoms with van der Waals surface area (Å²) in [5.41, 5.74) is 0. The van der Waals surface area contributed by atoms with Gasteiger partial charge < -0.3 is 18.9 Å². The minimum Gasteiger partial charge on any atom is -0.353 e. The van der Waals surface area contributed by atoms with Crippen LogP contribution in [0.2, 0.25) is 0 Å². The largest absolute Gasteiger partial charge is 0.353 e. The predicted molar refractivity (Wildman–Crippen MR) is 62.2 cm³/mol. The van der Waals surface area contributed by atoms with Crippen molar-refractivity contribution in [3.8, 4) is 11.8 Å². The van der Waals surface area contributed by atoms with Gasteiger partial charge in [-0.3, -0.25) is 0 Å². The molecule has 2 fully saturated rings. The van der Waals surface area contributed by atoms with Gasteiger partial charge in [-0.05, 0) is 19.3 Å². The zero-order valence-corrected chi connectivity index (χ0v) is 10.2. The maximum Gasteiger partial charge on any atom is 0.158 e. The summed E-state index contributed by atoms with van der Waals surface area (Å²) in [5, 5.41) is 0. The second kappa shape index (κ2) is 7.67. The molecule has 17 heavy (non-hydrogen) atoms. The van der Waals surface area contributed by atoms with Gasteiger partial charge in [0.15, 0.2) is 12.6 Å². The second-order valence-corrected chi connectivity index (χ2v) is 4.17. The Bertz CT molecular complexity index is 256. The molecule has 0 aromatic carbocycles. The fourth-order valence-electron chi connectivity index (χ4n) is 1.88. The summed E-state index contributed by atoms with van der Waals surface area (Å²) in [6.45, 7) is 2.69. The third-order valence-electron chi connectivity index (χ3n) is 2.80. The molecule has 96 valence electrons. The average molecular weight is 240 g/mol. The van der Waals surface area contributed by atoms with Gasteiger partial charge >= 0.3 is 0 Å². The Labute approximate surface area is 103 Å². The number of hydrogen-bond acceptors (Lipinski definition) is 4. The molecule has 0 radical (unpaired) electrons. The van der Waals surface area contributed by atoms with Gasteiger partial charge in [0, 0.05) is 19.4 Å². The third-order valence-corrected chi connectivity index (χ3v) is 2.80. The molecule has 1 unspecified atom stereocenters. The summed E-state index contributed by atoms with van der Waals surface area (Å²) in [5.74, 6) is 6.05. The van der Waals surface area contributed by atoms with Crippen molar-refractivity contribution in [3.05, 3.63) is 0 Å². The minimum atomic E-state index is -0.0492. The van der Waals surface area contributed by atoms with E-state index in [1.165, 1.54) is 6.42 Å². The quantitative estimate of drug-likeness (QED) is 0.701. The molecule has 0 spiro atoms. The highest BCUT2D eigenvalue weighted by atomic mass is 16.7. The number of rotatable bonds is 4. The highest BCUT2D eigenvalue weighted by Crippen LogP contribution is 2.13. The molecular formula is C13H20O4. The Morgan fingerprint density at radius 3 is 2.65 bits per heavy atom. The van der Waals surface area contributed by atoms with Crippen LogP contribution in [0.25, 0.3) is 0 Å². The third kappa shape index (κ3) is 5.05. The molecule has 0 N–H and O–H groups in total. The molecule has 4 nitrogen and oxygen atoms in total. The molecule has 0 aromatic rings. The smallest absolute Gasteiger partial charge is 0.158 e. The summed E-state index contributed by atoms with van der Waals surface area (Å²) in [7, 11) is 0. The van der Waals surface area contributed by atoms with Gasteiger partial charge in [0.05, 0.1) is 13.2 Å². The van der Waals surface area contributed by atoms with Crippen LogP contribution in [0.1, 0.15) is 32.1 Å². The first-order chi connectivity index (χ1) is 8.45. The molecule has 0 saturated carbocycles. The van der Waals surface area contributed by atoms with Crippen LogP contribution < -0.4 is 0 Å². The van der Waals surface area contributed by atoms with Gasteiger partial charge in [-0.25, -0.2) is 0 Å². The summed E-state index contributed by atoms with van der Waals surface area (Å²) >= 11 is 0. The molecule has 0 amide bonds. The normalized spacial score (nSPS) is 25.5. The van der Waals surface area contributed by atoms with E-state index >= 15 is 0 Å². The van der Waals surface area contributed by atoms with Gasteiger partial charge in [-0.15, -0.1) is 5.92 Å². The van der Waals surface area contributed by atoms with Crippen molar-refractivity contribution in [1.29, 1.82) is 0 Å². The molecule has 2 saturated heterocycles. The lowest BCUT2D eigenvalue weighted by molar-refractivity contribution is -0.154. The first kappa shape index (κ1) is 12.8. The molecule has 0 bridgehead atoms. The van der Waals surface area contributed by atoms with Crippen molar-refractivity contribution in [1.82, 2.24) is 0 Å². The molecule has 2 rings (SSSR count). The average Bonchev–Trinajstić information content (AvgIpc) is 2.88. The van der Waals surface area contributed by atoms with E-state index in [-0.39, 0.29) is 12.6 Å². The van der Waals surface area contributed by atoms with Crippen LogP contribution in [-0.4, -0.2) is 39.0 Å². The van der Waals surface area contributed by atoms with Gasteiger partial charge in [-0.1, -0.05) is 5.92 Å². The topological polar surface area (TPSA) is 36.9 Å². The fraction of sp³-hybridized carbons (Fsp3) is 0.846. The molecule has 0 aliphatic carbocycles. The lowest BCUT2D eigenvalue weighted by Crippen LogP contribution is -2.22. The Balaban J connectivity index is 1.49. The Morgan fingerprint density at radius 2 is 1.88 bits per heavy atom. The summed E-state index contributed by atoms with van der Waals surface area (Å²) in [6, 6.07) is 0. The van der Waals surface area contributed by atoms with Crippen molar-refractivity contribution < 1.29 is 18.9 Å². The maximum absolute atomic E-state index is 5.50. The van der Waals surface area contributed by atoms with Crippen LogP contribution in [0.4, 0.5) is 0 Å². The standard InChI is InChI=1S/C13H20O4/c1(2-6-13-16-10-11-17-13)4-8-14-12-7-3-5-9-15-12/h12-13H,2-3,5-11H2. The van der Waals surface area contributed by atoms with E-state index in [9.17, 15) is 0 Å². The molecule has 2 heterocycles. The van der Waals surface area contributed by atoms with Gasteiger partial charge in [0.2, 0.25) is 0 Å². The Hall–Kier alpha value is -0.600. The Kier molecular flexibility index (Phi) is 5.80. The highest BCUT2D eigenvalue weighted by molar-refractivity contribution is 4.99. The van der Waals surface area contributed by atoms with Crippen molar-refractivity contribution in [2.45, 2.75) is 44.7 Å². The van der Waals surface area contributed by atoms with Crippen LogP contribution in [0.15, 0.2) is 0 Å². The van der Waals surface area contributed by atoms with Gasteiger partial charge in [0.1, 0.15) is 6.61 Å². The van der Waals surface area contributed by atoms with E-state index < -0.39 is 0 Å². The summed E-state index contributed by atoms with van der Waals surface area (Å²) in [6.07, 6.45) is 4.87. The summed E-state index contributed by atoms with van der Waals surface area (Å²) < 4.78 is 21.6. The van der Waals surface area contributed by atoms with Crippen LogP contribution in [0.5, 0.6) is 0 Å². The van der Waals surface area contributed by atoms with Crippen molar-refractivity contribution in [2.24, 2.45) is 0 Å². The molecule has 0 aromatic heterocycles. The lowest BCUT2D eigenvalue weighted by Gasteiger charge is -2.21. The van der Waals surface area contributed by atoms with E-state index in [1.54, 1.807) is 0 Å². The van der Waals surface area contributed by atoms with Gasteiger partial charge in [0.25, 0.3) is 0 Å². The SMILES string of the molecule is C(#CCOC1CCCCO1)CCC1OCCO1. The number of ether oxygens (including phenoxy) is 4. The van der Waals surface area contributed by atoms with Crippen LogP contribution in [0.3, 0.4) is 0 Å². The second-order valence-electron chi connectivity index (χ2n) is 4.17. The monoisotopic (exact) mass is 240 g/mol. The first-order valence-corrected chi connectivity index (χ1v) is 6.37. The van der Waals surface area contributed by atoms with Crippen molar-refractivity contribution in [2.75, 3.05) is 26.4 Å². The minimum absolute atomic E-state index is 0.0421. The zero-order chi connectivity index (χ0) is 11.8. The van der Waals surface area contributed by atoms with Gasteiger partial charge in [-0.2, -0.15) is 0 Å². The number of hydrogen-bond donors (Lipinski definition) is 0. The van der Waals surface area contributed by atoms with Crippen molar-refractivity contribution in [3.63, 3.8) is 0 Å². The van der Waals surface area contributed by atoms with E-state index in [0.29, 0.717) is 19.8 Å². The molecule has 4 heteroatoms. The molecule has 1 atom stereocenters. The van der Waals surface area contributed by atoms with Crippen LogP contribution in [-0.2, 0) is 18.9 Å². The van der Waals surface area contributed by atoms with Crippen molar-refractivity contribution >= 4 is 0 Å². The first-order valence-electron chi connectivity index (χ1n) is 6.37. The molecular weight excluding hydrogens is 220 g/mol. The molecule has 2 aliphatic heterocycles.